The van der Waals surface area contributed by atoms with E-state index in [1.165, 1.54) is 81.9 Å². The lowest BCUT2D eigenvalue weighted by Crippen LogP contribution is -1.93. The van der Waals surface area contributed by atoms with Crippen LogP contribution in [0.15, 0.2) is 180 Å². The predicted molar refractivity (Wildman–Crippen MR) is 211 cm³/mol. The number of nitrogens with zero attached hydrogens (tertiary/aromatic N) is 1. The Hall–Kier alpha value is -6.64. The van der Waals surface area contributed by atoms with E-state index in [4.69, 9.17) is 4.42 Å². The minimum Gasteiger partial charge on any atom is -0.456 e. The summed E-state index contributed by atoms with van der Waals surface area (Å²) in [7, 11) is 0. The molecular weight excluding hydrogens is 607 g/mol. The van der Waals surface area contributed by atoms with E-state index >= 15 is 0 Å². The molecule has 2 aromatic heterocycles. The molecule has 0 aliphatic carbocycles. The summed E-state index contributed by atoms with van der Waals surface area (Å²) in [5.74, 6) is 0. The van der Waals surface area contributed by atoms with Gasteiger partial charge in [0.05, 0.1) is 11.0 Å². The van der Waals surface area contributed by atoms with Gasteiger partial charge in [0.15, 0.2) is 0 Å². The Balaban J connectivity index is 1.18. The fourth-order valence-corrected chi connectivity index (χ4v) is 8.44. The van der Waals surface area contributed by atoms with Gasteiger partial charge in [-0.25, -0.2) is 0 Å². The van der Waals surface area contributed by atoms with Crippen molar-refractivity contribution in [1.29, 1.82) is 0 Å². The SMILES string of the molecule is c1ccc(-n2c3ccccc3c3cc(-c4c5ccccc5c(-c5ccc6c(c5)oc5ccc7ccccc7c56)c5ccccc45)ccc32)cc1. The molecular formula is C48H29NO. The van der Waals surface area contributed by atoms with Gasteiger partial charge in [-0.2, -0.15) is 0 Å². The summed E-state index contributed by atoms with van der Waals surface area (Å²) in [6.07, 6.45) is 0. The van der Waals surface area contributed by atoms with E-state index in [9.17, 15) is 0 Å². The maximum Gasteiger partial charge on any atom is 0.136 e. The average Bonchev–Trinajstić information content (AvgIpc) is 3.72. The highest BCUT2D eigenvalue weighted by Gasteiger charge is 2.20. The molecule has 2 heterocycles. The van der Waals surface area contributed by atoms with Crippen molar-refractivity contribution >= 4 is 76.1 Å². The molecule has 0 bridgehead atoms. The lowest BCUT2D eigenvalue weighted by Gasteiger charge is -2.18. The zero-order valence-corrected chi connectivity index (χ0v) is 27.1. The third kappa shape index (κ3) is 3.85. The van der Waals surface area contributed by atoms with Crippen LogP contribution in [-0.4, -0.2) is 4.57 Å². The van der Waals surface area contributed by atoms with Crippen LogP contribution in [0.3, 0.4) is 0 Å². The van der Waals surface area contributed by atoms with Crippen molar-refractivity contribution in [2.45, 2.75) is 0 Å². The second-order valence-corrected chi connectivity index (χ2v) is 13.2. The van der Waals surface area contributed by atoms with Gasteiger partial charge in [0.2, 0.25) is 0 Å². The van der Waals surface area contributed by atoms with Crippen LogP contribution in [0.5, 0.6) is 0 Å². The highest BCUT2D eigenvalue weighted by atomic mass is 16.3. The molecule has 0 unspecified atom stereocenters. The summed E-state index contributed by atoms with van der Waals surface area (Å²) in [4.78, 5) is 0. The molecule has 0 saturated carbocycles. The summed E-state index contributed by atoms with van der Waals surface area (Å²) in [6.45, 7) is 0. The molecule has 2 heteroatoms. The van der Waals surface area contributed by atoms with Crippen molar-refractivity contribution in [3.05, 3.63) is 176 Å². The van der Waals surface area contributed by atoms with Crippen LogP contribution >= 0.6 is 0 Å². The molecule has 0 fully saturated rings. The molecule has 11 aromatic rings. The smallest absolute Gasteiger partial charge is 0.136 e. The quantitative estimate of drug-likeness (QED) is 0.177. The number of rotatable bonds is 3. The van der Waals surface area contributed by atoms with Gasteiger partial charge in [-0.05, 0) is 103 Å². The largest absolute Gasteiger partial charge is 0.456 e. The Morgan fingerprint density at radius 2 is 0.900 bits per heavy atom. The van der Waals surface area contributed by atoms with E-state index in [2.05, 4.69) is 180 Å². The molecule has 11 rings (SSSR count). The first-order valence-corrected chi connectivity index (χ1v) is 17.2. The third-order valence-corrected chi connectivity index (χ3v) is 10.6. The lowest BCUT2D eigenvalue weighted by molar-refractivity contribution is 0.669. The molecule has 0 amide bonds. The van der Waals surface area contributed by atoms with Gasteiger partial charge in [-0.1, -0.05) is 127 Å². The topological polar surface area (TPSA) is 18.1 Å². The van der Waals surface area contributed by atoms with Crippen LogP contribution in [0, 0.1) is 0 Å². The van der Waals surface area contributed by atoms with Crippen molar-refractivity contribution in [1.82, 2.24) is 4.57 Å². The number of aromatic nitrogens is 1. The van der Waals surface area contributed by atoms with Gasteiger partial charge in [0.25, 0.3) is 0 Å². The maximum absolute atomic E-state index is 6.55. The molecule has 2 nitrogen and oxygen atoms in total. The van der Waals surface area contributed by atoms with Crippen molar-refractivity contribution in [3.8, 4) is 27.9 Å². The van der Waals surface area contributed by atoms with Crippen molar-refractivity contribution in [2.24, 2.45) is 0 Å². The fraction of sp³-hybridized carbons (Fsp3) is 0. The normalized spacial score (nSPS) is 12.0. The van der Waals surface area contributed by atoms with Gasteiger partial charge >= 0.3 is 0 Å². The zero-order valence-electron chi connectivity index (χ0n) is 27.1. The summed E-state index contributed by atoms with van der Waals surface area (Å²) < 4.78 is 8.93. The average molecular weight is 636 g/mol. The molecule has 0 saturated heterocycles. The summed E-state index contributed by atoms with van der Waals surface area (Å²) in [6, 6.07) is 63.7. The standard InChI is InChI=1S/C48H29NO/c1-2-13-33(14-3-1)49-42-21-11-10-16-35(42)41-28-31(23-26-43(41)49)46-36-17-6-8-19-38(36)47(39-20-9-7-18-37(39)46)32-22-25-40-45(29-32)50-44-27-24-30-12-4-5-15-34(30)48(40)44/h1-29H. The molecule has 0 spiro atoms. The molecule has 9 aromatic carbocycles. The fourth-order valence-electron chi connectivity index (χ4n) is 8.44. The van der Waals surface area contributed by atoms with Crippen LogP contribution < -0.4 is 0 Å². The Kier molecular flexibility index (Phi) is 5.70. The Labute approximate surface area is 288 Å². The number of hydrogen-bond acceptors (Lipinski definition) is 1. The molecule has 0 aliphatic heterocycles. The van der Waals surface area contributed by atoms with Crippen molar-refractivity contribution in [3.63, 3.8) is 0 Å². The number of furan rings is 1. The van der Waals surface area contributed by atoms with E-state index < -0.39 is 0 Å². The van der Waals surface area contributed by atoms with Gasteiger partial charge < -0.3 is 8.98 Å². The number of fused-ring (bicyclic) bond motifs is 10. The highest BCUT2D eigenvalue weighted by molar-refractivity contribution is 6.24. The summed E-state index contributed by atoms with van der Waals surface area (Å²) in [5, 5.41) is 12.2. The summed E-state index contributed by atoms with van der Waals surface area (Å²) in [5.41, 5.74) is 10.3. The monoisotopic (exact) mass is 635 g/mol. The number of para-hydroxylation sites is 2. The van der Waals surface area contributed by atoms with Crippen LogP contribution in [0.4, 0.5) is 0 Å². The van der Waals surface area contributed by atoms with E-state index in [1.54, 1.807) is 0 Å². The van der Waals surface area contributed by atoms with E-state index in [-0.39, 0.29) is 0 Å². The minimum absolute atomic E-state index is 0.909. The molecule has 232 valence electrons. The molecule has 50 heavy (non-hydrogen) atoms. The van der Waals surface area contributed by atoms with Gasteiger partial charge in [-0.15, -0.1) is 0 Å². The first kappa shape index (κ1) is 27.3. The maximum atomic E-state index is 6.55. The van der Waals surface area contributed by atoms with E-state index in [0.717, 1.165) is 22.1 Å². The number of hydrogen-bond donors (Lipinski definition) is 0. The Morgan fingerprint density at radius 3 is 1.62 bits per heavy atom. The number of benzene rings is 9. The second-order valence-electron chi connectivity index (χ2n) is 13.2. The zero-order chi connectivity index (χ0) is 32.8. The van der Waals surface area contributed by atoms with Crippen LogP contribution in [0.1, 0.15) is 0 Å². The minimum atomic E-state index is 0.909. The van der Waals surface area contributed by atoms with Crippen molar-refractivity contribution in [2.75, 3.05) is 0 Å². The first-order chi connectivity index (χ1) is 24.8. The van der Waals surface area contributed by atoms with E-state index in [1.807, 2.05) is 0 Å². The van der Waals surface area contributed by atoms with Gasteiger partial charge in [-0.3, -0.25) is 0 Å². The molecule has 0 N–H and O–H groups in total. The molecule has 0 radical (unpaired) electrons. The lowest BCUT2D eigenvalue weighted by atomic mass is 9.85. The van der Waals surface area contributed by atoms with Crippen LogP contribution in [-0.2, 0) is 0 Å². The highest BCUT2D eigenvalue weighted by Crippen LogP contribution is 2.46. The van der Waals surface area contributed by atoms with Gasteiger partial charge in [0.1, 0.15) is 11.2 Å². The second kappa shape index (κ2) is 10.4. The van der Waals surface area contributed by atoms with E-state index in [0.29, 0.717) is 0 Å². The van der Waals surface area contributed by atoms with Crippen LogP contribution in [0.25, 0.3) is 104 Å². The predicted octanol–water partition coefficient (Wildman–Crippen LogP) is 13.5. The Morgan fingerprint density at radius 1 is 0.340 bits per heavy atom. The molecule has 0 atom stereocenters. The Bertz CT molecular complexity index is 3090. The van der Waals surface area contributed by atoms with Crippen LogP contribution in [0.2, 0.25) is 0 Å². The molecule has 0 aliphatic rings. The first-order valence-electron chi connectivity index (χ1n) is 17.2. The van der Waals surface area contributed by atoms with Crippen molar-refractivity contribution < 1.29 is 4.42 Å². The third-order valence-electron chi connectivity index (χ3n) is 10.6. The summed E-state index contributed by atoms with van der Waals surface area (Å²) >= 11 is 0. The van der Waals surface area contributed by atoms with Gasteiger partial charge in [0, 0.05) is 27.2 Å².